The Morgan fingerprint density at radius 2 is 1.87 bits per heavy atom. The molecule has 1 unspecified atom stereocenters. The maximum Gasteiger partial charge on any atom is 0.293 e. The lowest BCUT2D eigenvalue weighted by Gasteiger charge is -2.32. The lowest BCUT2D eigenvalue weighted by molar-refractivity contribution is -0.145. The van der Waals surface area contributed by atoms with Gasteiger partial charge in [0.15, 0.2) is 0 Å². The molecule has 0 heterocycles. The third-order valence-corrected chi connectivity index (χ3v) is 3.23. The summed E-state index contributed by atoms with van der Waals surface area (Å²) in [6.45, 7) is 8.98. The van der Waals surface area contributed by atoms with Gasteiger partial charge in [0, 0.05) is 0 Å². The highest BCUT2D eigenvalue weighted by Crippen LogP contribution is 2.28. The standard InChI is InChI=1S/C13H26O2/c1-5-7-8-9-10-12(6-2)13(3,4)15-11-14/h11-12H,5-10H2,1-4H3. The normalized spacial score (nSPS) is 13.6. The fourth-order valence-electron chi connectivity index (χ4n) is 2.08. The van der Waals surface area contributed by atoms with E-state index in [0.29, 0.717) is 12.4 Å². The maximum absolute atomic E-state index is 10.4. The van der Waals surface area contributed by atoms with E-state index in [1.807, 2.05) is 13.8 Å². The first-order chi connectivity index (χ1) is 7.08. The van der Waals surface area contributed by atoms with Crippen molar-refractivity contribution >= 4 is 6.47 Å². The third-order valence-electron chi connectivity index (χ3n) is 3.23. The predicted octanol–water partition coefficient (Wildman–Crippen LogP) is 3.93. The van der Waals surface area contributed by atoms with Gasteiger partial charge in [-0.1, -0.05) is 39.5 Å². The Bertz CT molecular complexity index is 164. The molecule has 2 heteroatoms. The van der Waals surface area contributed by atoms with Gasteiger partial charge in [-0.05, 0) is 32.6 Å². The molecule has 0 aliphatic heterocycles. The van der Waals surface area contributed by atoms with E-state index in [1.165, 1.54) is 25.7 Å². The second-order valence-electron chi connectivity index (χ2n) is 4.77. The van der Waals surface area contributed by atoms with Gasteiger partial charge < -0.3 is 4.74 Å². The molecule has 2 nitrogen and oxygen atoms in total. The van der Waals surface area contributed by atoms with Crippen LogP contribution in [-0.2, 0) is 9.53 Å². The Hall–Kier alpha value is -0.530. The summed E-state index contributed by atoms with van der Waals surface area (Å²) in [5.41, 5.74) is -0.303. The first kappa shape index (κ1) is 14.5. The minimum Gasteiger partial charge on any atom is -0.462 e. The molecule has 0 rings (SSSR count). The monoisotopic (exact) mass is 214 g/mol. The predicted molar refractivity (Wildman–Crippen MR) is 63.8 cm³/mol. The van der Waals surface area contributed by atoms with Crippen molar-refractivity contribution in [3.05, 3.63) is 0 Å². The molecule has 0 aromatic rings. The van der Waals surface area contributed by atoms with Crippen molar-refractivity contribution in [1.29, 1.82) is 0 Å². The number of rotatable bonds is 9. The fourth-order valence-corrected chi connectivity index (χ4v) is 2.08. The summed E-state index contributed by atoms with van der Waals surface area (Å²) >= 11 is 0. The molecule has 0 radical (unpaired) electrons. The summed E-state index contributed by atoms with van der Waals surface area (Å²) in [6, 6.07) is 0. The number of hydrogen-bond acceptors (Lipinski definition) is 2. The molecule has 0 aromatic heterocycles. The van der Waals surface area contributed by atoms with Crippen molar-refractivity contribution in [1.82, 2.24) is 0 Å². The van der Waals surface area contributed by atoms with Crippen LogP contribution in [0.4, 0.5) is 0 Å². The van der Waals surface area contributed by atoms with Crippen molar-refractivity contribution in [3.8, 4) is 0 Å². The van der Waals surface area contributed by atoms with Crippen molar-refractivity contribution in [2.45, 2.75) is 71.8 Å². The van der Waals surface area contributed by atoms with E-state index < -0.39 is 0 Å². The highest BCUT2D eigenvalue weighted by molar-refractivity contribution is 5.38. The van der Waals surface area contributed by atoms with Gasteiger partial charge in [-0.2, -0.15) is 0 Å². The van der Waals surface area contributed by atoms with Crippen LogP contribution in [0.5, 0.6) is 0 Å². The zero-order chi connectivity index (χ0) is 11.7. The Morgan fingerprint density at radius 1 is 1.20 bits per heavy atom. The van der Waals surface area contributed by atoms with E-state index >= 15 is 0 Å². The van der Waals surface area contributed by atoms with Gasteiger partial charge in [-0.3, -0.25) is 4.79 Å². The zero-order valence-corrected chi connectivity index (χ0v) is 10.7. The van der Waals surface area contributed by atoms with Gasteiger partial charge in [-0.25, -0.2) is 0 Å². The lowest BCUT2D eigenvalue weighted by Crippen LogP contribution is -2.33. The fraction of sp³-hybridized carbons (Fsp3) is 0.923. The first-order valence-electron chi connectivity index (χ1n) is 6.19. The zero-order valence-electron chi connectivity index (χ0n) is 10.7. The van der Waals surface area contributed by atoms with Crippen molar-refractivity contribution in [2.24, 2.45) is 5.92 Å². The largest absolute Gasteiger partial charge is 0.462 e. The quantitative estimate of drug-likeness (QED) is 0.429. The Kier molecular flexibility index (Phi) is 7.45. The SMILES string of the molecule is CCCCCCC(CC)C(C)(C)OC=O. The number of hydrogen-bond donors (Lipinski definition) is 0. The molecule has 0 amide bonds. The van der Waals surface area contributed by atoms with Crippen LogP contribution in [0.1, 0.15) is 66.2 Å². The van der Waals surface area contributed by atoms with Gasteiger partial charge >= 0.3 is 0 Å². The molecule has 0 aliphatic carbocycles. The van der Waals surface area contributed by atoms with Crippen LogP contribution in [0.2, 0.25) is 0 Å². The van der Waals surface area contributed by atoms with Crippen LogP contribution in [0.25, 0.3) is 0 Å². The molecule has 15 heavy (non-hydrogen) atoms. The molecule has 0 fully saturated rings. The van der Waals surface area contributed by atoms with Gasteiger partial charge in [0.25, 0.3) is 6.47 Å². The molecular formula is C13H26O2. The molecule has 0 saturated heterocycles. The lowest BCUT2D eigenvalue weighted by atomic mass is 9.84. The third kappa shape index (κ3) is 5.81. The van der Waals surface area contributed by atoms with E-state index in [2.05, 4.69) is 13.8 Å². The number of carbonyl (C=O) groups is 1. The molecule has 1 atom stereocenters. The molecular weight excluding hydrogens is 188 g/mol. The summed E-state index contributed by atoms with van der Waals surface area (Å²) in [5.74, 6) is 0.486. The summed E-state index contributed by atoms with van der Waals surface area (Å²) in [6.07, 6.45) is 7.36. The molecule has 0 saturated carbocycles. The maximum atomic E-state index is 10.4. The van der Waals surface area contributed by atoms with Crippen LogP contribution in [0.15, 0.2) is 0 Å². The van der Waals surface area contributed by atoms with Crippen LogP contribution in [0.3, 0.4) is 0 Å². The highest BCUT2D eigenvalue weighted by Gasteiger charge is 2.28. The molecule has 0 aromatic carbocycles. The van der Waals surface area contributed by atoms with Crippen LogP contribution in [-0.4, -0.2) is 12.1 Å². The second kappa shape index (κ2) is 7.72. The summed E-state index contributed by atoms with van der Waals surface area (Å²) in [5, 5.41) is 0. The van der Waals surface area contributed by atoms with Gasteiger partial charge in [0.05, 0.1) is 0 Å². The van der Waals surface area contributed by atoms with Crippen LogP contribution >= 0.6 is 0 Å². The number of carbonyl (C=O) groups excluding carboxylic acids is 1. The van der Waals surface area contributed by atoms with E-state index in [-0.39, 0.29) is 5.60 Å². The molecule has 0 aliphatic rings. The highest BCUT2D eigenvalue weighted by atomic mass is 16.5. The van der Waals surface area contributed by atoms with Crippen LogP contribution in [0, 0.1) is 5.92 Å². The number of unbranched alkanes of at least 4 members (excludes halogenated alkanes) is 3. The van der Waals surface area contributed by atoms with E-state index in [9.17, 15) is 4.79 Å². The summed E-state index contributed by atoms with van der Waals surface area (Å²) in [4.78, 5) is 10.4. The topological polar surface area (TPSA) is 26.3 Å². The first-order valence-corrected chi connectivity index (χ1v) is 6.19. The van der Waals surface area contributed by atoms with Crippen LogP contribution < -0.4 is 0 Å². The minimum atomic E-state index is -0.303. The summed E-state index contributed by atoms with van der Waals surface area (Å²) < 4.78 is 5.16. The van der Waals surface area contributed by atoms with Crippen molar-refractivity contribution in [2.75, 3.05) is 0 Å². The second-order valence-corrected chi connectivity index (χ2v) is 4.77. The Balaban J connectivity index is 3.94. The minimum absolute atomic E-state index is 0.303. The average Bonchev–Trinajstić information content (AvgIpc) is 2.17. The average molecular weight is 214 g/mol. The molecule has 0 spiro atoms. The van der Waals surface area contributed by atoms with Gasteiger partial charge in [-0.15, -0.1) is 0 Å². The Morgan fingerprint density at radius 3 is 2.33 bits per heavy atom. The van der Waals surface area contributed by atoms with Gasteiger partial charge in [0.1, 0.15) is 5.60 Å². The van der Waals surface area contributed by atoms with E-state index in [4.69, 9.17) is 4.74 Å². The molecule has 0 bridgehead atoms. The summed E-state index contributed by atoms with van der Waals surface area (Å²) in [7, 11) is 0. The van der Waals surface area contributed by atoms with Crippen molar-refractivity contribution in [3.63, 3.8) is 0 Å². The smallest absolute Gasteiger partial charge is 0.293 e. The molecule has 90 valence electrons. The van der Waals surface area contributed by atoms with E-state index in [0.717, 1.165) is 12.8 Å². The van der Waals surface area contributed by atoms with E-state index in [1.54, 1.807) is 0 Å². The van der Waals surface area contributed by atoms with Crippen molar-refractivity contribution < 1.29 is 9.53 Å². The molecule has 0 N–H and O–H groups in total. The Labute approximate surface area is 94.4 Å². The number of ether oxygens (including phenoxy) is 1. The van der Waals surface area contributed by atoms with Gasteiger partial charge in [0.2, 0.25) is 0 Å².